The van der Waals surface area contributed by atoms with Gasteiger partial charge >= 0.3 is 5.97 Å². The fraction of sp³-hybridized carbons (Fsp3) is 0.375. The van der Waals surface area contributed by atoms with Gasteiger partial charge in [-0.3, -0.25) is 0 Å². The molecule has 1 N–H and O–H groups in total. The zero-order valence-electron chi connectivity index (χ0n) is 7.44. The third-order valence-corrected chi connectivity index (χ3v) is 1.42. The SMILES string of the molecule is CCOc1cnc(C(=O)O)c(C)n1. The van der Waals surface area contributed by atoms with Gasteiger partial charge in [0, 0.05) is 0 Å². The maximum Gasteiger partial charge on any atom is 0.356 e. The van der Waals surface area contributed by atoms with Crippen molar-refractivity contribution in [2.75, 3.05) is 6.61 Å². The minimum absolute atomic E-state index is 0.0385. The Labute approximate surface area is 75.4 Å². The summed E-state index contributed by atoms with van der Waals surface area (Å²) < 4.78 is 5.05. The van der Waals surface area contributed by atoms with Crippen LogP contribution < -0.4 is 4.74 Å². The lowest BCUT2D eigenvalue weighted by Crippen LogP contribution is -2.06. The average Bonchev–Trinajstić information content (AvgIpc) is 2.04. The lowest BCUT2D eigenvalue weighted by molar-refractivity contribution is 0.0689. The van der Waals surface area contributed by atoms with Crippen LogP contribution in [0.3, 0.4) is 0 Å². The van der Waals surface area contributed by atoms with Crippen molar-refractivity contribution in [3.63, 3.8) is 0 Å². The second-order valence-electron chi connectivity index (χ2n) is 2.38. The Bertz CT molecular complexity index is 325. The van der Waals surface area contributed by atoms with E-state index in [-0.39, 0.29) is 5.69 Å². The molecule has 1 heterocycles. The first-order valence-corrected chi connectivity index (χ1v) is 3.85. The minimum Gasteiger partial charge on any atom is -0.477 e. The Morgan fingerprint density at radius 1 is 1.69 bits per heavy atom. The summed E-state index contributed by atoms with van der Waals surface area (Å²) in [5, 5.41) is 8.64. The highest BCUT2D eigenvalue weighted by molar-refractivity contribution is 5.86. The van der Waals surface area contributed by atoms with E-state index in [9.17, 15) is 4.79 Å². The Morgan fingerprint density at radius 2 is 2.38 bits per heavy atom. The molecule has 0 saturated heterocycles. The van der Waals surface area contributed by atoms with Crippen molar-refractivity contribution in [1.29, 1.82) is 0 Å². The molecule has 0 unspecified atom stereocenters. The van der Waals surface area contributed by atoms with Crippen molar-refractivity contribution in [2.24, 2.45) is 0 Å². The summed E-state index contributed by atoms with van der Waals surface area (Å²) in [4.78, 5) is 18.2. The monoisotopic (exact) mass is 182 g/mol. The molecule has 0 spiro atoms. The number of hydrogen-bond acceptors (Lipinski definition) is 4. The summed E-state index contributed by atoms with van der Waals surface area (Å²) in [5.41, 5.74) is 0.321. The molecular formula is C8H10N2O3. The Kier molecular flexibility index (Phi) is 2.79. The van der Waals surface area contributed by atoms with Gasteiger partial charge in [0.15, 0.2) is 5.69 Å². The standard InChI is InChI=1S/C8H10N2O3/c1-3-13-6-4-9-7(8(11)12)5(2)10-6/h4H,3H2,1-2H3,(H,11,12). The molecule has 5 heteroatoms. The number of aromatic nitrogens is 2. The summed E-state index contributed by atoms with van der Waals surface area (Å²) in [5.74, 6) is -0.724. The lowest BCUT2D eigenvalue weighted by Gasteiger charge is -2.03. The highest BCUT2D eigenvalue weighted by atomic mass is 16.5. The van der Waals surface area contributed by atoms with Gasteiger partial charge < -0.3 is 9.84 Å². The molecule has 1 aromatic rings. The van der Waals surface area contributed by atoms with Gasteiger partial charge in [-0.05, 0) is 13.8 Å². The zero-order chi connectivity index (χ0) is 9.84. The number of carboxylic acid groups (broad SMARTS) is 1. The highest BCUT2D eigenvalue weighted by Crippen LogP contribution is 2.08. The van der Waals surface area contributed by atoms with Gasteiger partial charge in [0.25, 0.3) is 0 Å². The molecule has 5 nitrogen and oxygen atoms in total. The first kappa shape index (κ1) is 9.44. The number of aryl methyl sites for hydroxylation is 1. The summed E-state index contributed by atoms with van der Waals surface area (Å²) in [6.07, 6.45) is 1.31. The van der Waals surface area contributed by atoms with Crippen LogP contribution in [0.1, 0.15) is 23.1 Å². The van der Waals surface area contributed by atoms with Gasteiger partial charge in [0.2, 0.25) is 5.88 Å². The van der Waals surface area contributed by atoms with Crippen LogP contribution in [0.5, 0.6) is 5.88 Å². The molecule has 0 aromatic carbocycles. The van der Waals surface area contributed by atoms with Gasteiger partial charge in [-0.15, -0.1) is 0 Å². The van der Waals surface area contributed by atoms with Crippen LogP contribution in [0.15, 0.2) is 6.20 Å². The number of nitrogens with zero attached hydrogens (tertiary/aromatic N) is 2. The quantitative estimate of drug-likeness (QED) is 0.751. The molecule has 0 atom stereocenters. The predicted molar refractivity (Wildman–Crippen MR) is 44.9 cm³/mol. The molecule has 0 amide bonds. The molecule has 13 heavy (non-hydrogen) atoms. The molecule has 0 aliphatic rings. The number of ether oxygens (including phenoxy) is 1. The second kappa shape index (κ2) is 3.84. The Morgan fingerprint density at radius 3 is 2.85 bits per heavy atom. The van der Waals surface area contributed by atoms with E-state index in [1.165, 1.54) is 6.20 Å². The molecule has 0 fully saturated rings. The van der Waals surface area contributed by atoms with Crippen LogP contribution in [-0.2, 0) is 0 Å². The van der Waals surface area contributed by atoms with Gasteiger partial charge in [0.05, 0.1) is 18.5 Å². The largest absolute Gasteiger partial charge is 0.477 e. The number of aromatic carboxylic acids is 1. The summed E-state index contributed by atoms with van der Waals surface area (Å²) >= 11 is 0. The molecular weight excluding hydrogens is 172 g/mol. The first-order chi connectivity index (χ1) is 6.15. The van der Waals surface area contributed by atoms with E-state index >= 15 is 0 Å². The molecule has 0 saturated carbocycles. The highest BCUT2D eigenvalue weighted by Gasteiger charge is 2.10. The molecule has 1 rings (SSSR count). The van der Waals surface area contributed by atoms with Crippen LogP contribution in [0.4, 0.5) is 0 Å². The van der Waals surface area contributed by atoms with Gasteiger partial charge in [0.1, 0.15) is 0 Å². The van der Waals surface area contributed by atoms with Gasteiger partial charge in [-0.1, -0.05) is 0 Å². The third kappa shape index (κ3) is 2.14. The molecule has 70 valence electrons. The van der Waals surface area contributed by atoms with Crippen LogP contribution in [0.2, 0.25) is 0 Å². The Hall–Kier alpha value is -1.65. The van der Waals surface area contributed by atoms with Crippen molar-refractivity contribution in [3.05, 3.63) is 17.6 Å². The van der Waals surface area contributed by atoms with Crippen LogP contribution in [0.25, 0.3) is 0 Å². The zero-order valence-corrected chi connectivity index (χ0v) is 7.44. The van der Waals surface area contributed by atoms with Crippen molar-refractivity contribution in [3.8, 4) is 5.88 Å². The summed E-state index contributed by atoms with van der Waals surface area (Å²) in [7, 11) is 0. The van der Waals surface area contributed by atoms with Gasteiger partial charge in [-0.25, -0.2) is 14.8 Å². The van der Waals surface area contributed by atoms with Crippen molar-refractivity contribution < 1.29 is 14.6 Å². The topological polar surface area (TPSA) is 72.3 Å². The fourth-order valence-corrected chi connectivity index (χ4v) is 0.888. The number of hydrogen-bond donors (Lipinski definition) is 1. The number of carboxylic acids is 1. The fourth-order valence-electron chi connectivity index (χ4n) is 0.888. The van der Waals surface area contributed by atoms with Crippen LogP contribution >= 0.6 is 0 Å². The predicted octanol–water partition coefficient (Wildman–Crippen LogP) is 0.882. The Balaban J connectivity index is 2.98. The van der Waals surface area contributed by atoms with E-state index in [4.69, 9.17) is 9.84 Å². The van der Waals surface area contributed by atoms with E-state index < -0.39 is 5.97 Å². The van der Waals surface area contributed by atoms with E-state index in [1.54, 1.807) is 6.92 Å². The minimum atomic E-state index is -1.08. The molecule has 0 bridgehead atoms. The molecule has 0 aliphatic heterocycles. The lowest BCUT2D eigenvalue weighted by atomic mass is 10.3. The molecule has 0 radical (unpaired) electrons. The van der Waals surface area contributed by atoms with Gasteiger partial charge in [-0.2, -0.15) is 0 Å². The van der Waals surface area contributed by atoms with Crippen molar-refractivity contribution in [1.82, 2.24) is 9.97 Å². The molecule has 1 aromatic heterocycles. The van der Waals surface area contributed by atoms with Crippen LogP contribution in [-0.4, -0.2) is 27.7 Å². The molecule has 0 aliphatic carbocycles. The summed E-state index contributed by atoms with van der Waals surface area (Å²) in [6, 6.07) is 0. The van der Waals surface area contributed by atoms with Crippen LogP contribution in [0, 0.1) is 6.92 Å². The number of carbonyl (C=O) groups is 1. The third-order valence-electron chi connectivity index (χ3n) is 1.42. The maximum absolute atomic E-state index is 10.5. The maximum atomic E-state index is 10.5. The van der Waals surface area contributed by atoms with E-state index in [1.807, 2.05) is 6.92 Å². The smallest absolute Gasteiger partial charge is 0.356 e. The van der Waals surface area contributed by atoms with Crippen molar-refractivity contribution >= 4 is 5.97 Å². The summed E-state index contributed by atoms with van der Waals surface area (Å²) in [6.45, 7) is 3.89. The average molecular weight is 182 g/mol. The normalized spacial score (nSPS) is 9.69. The van der Waals surface area contributed by atoms with E-state index in [2.05, 4.69) is 9.97 Å². The van der Waals surface area contributed by atoms with Crippen molar-refractivity contribution in [2.45, 2.75) is 13.8 Å². The van der Waals surface area contributed by atoms with E-state index in [0.29, 0.717) is 18.2 Å². The number of rotatable bonds is 3. The van der Waals surface area contributed by atoms with E-state index in [0.717, 1.165) is 0 Å². The second-order valence-corrected chi connectivity index (χ2v) is 2.38. The first-order valence-electron chi connectivity index (χ1n) is 3.85.